The Kier molecular flexibility index (Phi) is 4.50. The number of anilines is 1. The molecule has 1 amide bonds. The lowest BCUT2D eigenvalue weighted by Gasteiger charge is -2.13. The van der Waals surface area contributed by atoms with Crippen LogP contribution in [0.2, 0.25) is 0 Å². The van der Waals surface area contributed by atoms with Crippen LogP contribution in [-0.2, 0) is 0 Å². The van der Waals surface area contributed by atoms with Crippen molar-refractivity contribution in [2.24, 2.45) is 0 Å². The van der Waals surface area contributed by atoms with Gasteiger partial charge in [0.05, 0.1) is 5.56 Å². The average molecular weight is 298 g/mol. The first-order valence-corrected chi connectivity index (χ1v) is 7.42. The minimum Gasteiger partial charge on any atom is -0.346 e. The second-order valence-electron chi connectivity index (χ2n) is 5.84. The summed E-state index contributed by atoms with van der Waals surface area (Å²) in [4.78, 5) is 23.9. The van der Waals surface area contributed by atoms with Crippen LogP contribution in [0, 0.1) is 13.8 Å². The fourth-order valence-corrected chi connectivity index (χ4v) is 2.82. The molecule has 0 saturated heterocycles. The van der Waals surface area contributed by atoms with E-state index in [1.54, 1.807) is 24.3 Å². The highest BCUT2D eigenvalue weighted by Crippen LogP contribution is 2.21. The van der Waals surface area contributed by atoms with Gasteiger partial charge >= 0.3 is 0 Å². The number of nitrogens with one attached hydrogen (secondary N) is 1. The zero-order valence-electron chi connectivity index (χ0n) is 13.7. The number of benzene rings is 1. The number of amides is 1. The number of carbonyl (C=O) groups is 2. The molecule has 1 aromatic carbocycles. The SMILES string of the molecule is CC(=O)c1cccc(NC(=O)c2cc(C)n(C(C)C)c2C)c1. The quantitative estimate of drug-likeness (QED) is 0.862. The summed E-state index contributed by atoms with van der Waals surface area (Å²) in [5.74, 6) is -0.171. The molecule has 2 rings (SSSR count). The highest BCUT2D eigenvalue weighted by molar-refractivity contribution is 6.06. The fourth-order valence-electron chi connectivity index (χ4n) is 2.82. The molecule has 0 spiro atoms. The monoisotopic (exact) mass is 298 g/mol. The van der Waals surface area contributed by atoms with Crippen LogP contribution in [0.15, 0.2) is 30.3 Å². The molecule has 0 atom stereocenters. The van der Waals surface area contributed by atoms with Crippen LogP contribution in [0.5, 0.6) is 0 Å². The van der Waals surface area contributed by atoms with E-state index in [0.717, 1.165) is 11.4 Å². The predicted octanol–water partition coefficient (Wildman–Crippen LogP) is 4.14. The molecule has 1 aromatic heterocycles. The van der Waals surface area contributed by atoms with Crippen molar-refractivity contribution in [1.29, 1.82) is 0 Å². The van der Waals surface area contributed by atoms with Gasteiger partial charge in [-0.15, -0.1) is 0 Å². The zero-order valence-corrected chi connectivity index (χ0v) is 13.7. The Balaban J connectivity index is 2.28. The van der Waals surface area contributed by atoms with Crippen LogP contribution in [0.25, 0.3) is 0 Å². The van der Waals surface area contributed by atoms with E-state index < -0.39 is 0 Å². The number of Topliss-reactive ketones (excluding diaryl/α,β-unsaturated/α-hetero) is 1. The van der Waals surface area contributed by atoms with Gasteiger partial charge in [0.1, 0.15) is 0 Å². The van der Waals surface area contributed by atoms with Gasteiger partial charge in [0.25, 0.3) is 5.91 Å². The Labute approximate surface area is 131 Å². The third-order valence-corrected chi connectivity index (χ3v) is 3.77. The van der Waals surface area contributed by atoms with Crippen molar-refractivity contribution in [3.63, 3.8) is 0 Å². The number of ketones is 1. The van der Waals surface area contributed by atoms with Crippen LogP contribution < -0.4 is 5.32 Å². The van der Waals surface area contributed by atoms with Gasteiger partial charge in [-0.25, -0.2) is 0 Å². The lowest BCUT2D eigenvalue weighted by Crippen LogP contribution is -2.14. The summed E-state index contributed by atoms with van der Waals surface area (Å²) in [5, 5.41) is 2.87. The lowest BCUT2D eigenvalue weighted by molar-refractivity contribution is 0.101. The first kappa shape index (κ1) is 16.0. The molecule has 1 heterocycles. The molecule has 0 radical (unpaired) electrons. The largest absolute Gasteiger partial charge is 0.346 e. The van der Waals surface area contributed by atoms with Gasteiger partial charge in [0, 0.05) is 28.7 Å². The minimum atomic E-state index is -0.152. The van der Waals surface area contributed by atoms with E-state index in [1.165, 1.54) is 6.92 Å². The van der Waals surface area contributed by atoms with Gasteiger partial charge in [-0.05, 0) is 52.8 Å². The molecule has 0 aliphatic carbocycles. The molecule has 0 bridgehead atoms. The van der Waals surface area contributed by atoms with Crippen molar-refractivity contribution in [2.45, 2.75) is 40.7 Å². The fraction of sp³-hybridized carbons (Fsp3) is 0.333. The Morgan fingerprint density at radius 2 is 1.82 bits per heavy atom. The summed E-state index contributed by atoms with van der Waals surface area (Å²) in [6, 6.07) is 9.20. The maximum atomic E-state index is 12.5. The molecule has 0 saturated carbocycles. The molecular weight excluding hydrogens is 276 g/mol. The van der Waals surface area contributed by atoms with Crippen LogP contribution in [0.4, 0.5) is 5.69 Å². The van der Waals surface area contributed by atoms with E-state index in [-0.39, 0.29) is 11.7 Å². The summed E-state index contributed by atoms with van der Waals surface area (Å²) in [6.45, 7) is 9.65. The lowest BCUT2D eigenvalue weighted by atomic mass is 10.1. The van der Waals surface area contributed by atoms with Gasteiger partial charge in [-0.2, -0.15) is 0 Å². The van der Waals surface area contributed by atoms with Gasteiger partial charge in [0.2, 0.25) is 0 Å². The van der Waals surface area contributed by atoms with E-state index in [9.17, 15) is 9.59 Å². The van der Waals surface area contributed by atoms with Crippen LogP contribution >= 0.6 is 0 Å². The Hall–Kier alpha value is -2.36. The maximum Gasteiger partial charge on any atom is 0.257 e. The van der Waals surface area contributed by atoms with Gasteiger partial charge in [0.15, 0.2) is 5.78 Å². The van der Waals surface area contributed by atoms with E-state index >= 15 is 0 Å². The van der Waals surface area contributed by atoms with Gasteiger partial charge < -0.3 is 9.88 Å². The first-order valence-electron chi connectivity index (χ1n) is 7.42. The van der Waals surface area contributed by atoms with Crippen molar-refractivity contribution >= 4 is 17.4 Å². The molecule has 4 heteroatoms. The molecule has 0 aliphatic heterocycles. The van der Waals surface area contributed by atoms with Crippen molar-refractivity contribution in [3.05, 3.63) is 52.8 Å². The van der Waals surface area contributed by atoms with Crippen molar-refractivity contribution < 1.29 is 9.59 Å². The second-order valence-corrected chi connectivity index (χ2v) is 5.84. The topological polar surface area (TPSA) is 51.1 Å². The summed E-state index contributed by atoms with van der Waals surface area (Å²) in [6.07, 6.45) is 0. The minimum absolute atomic E-state index is 0.0194. The Morgan fingerprint density at radius 1 is 1.14 bits per heavy atom. The molecule has 4 nitrogen and oxygen atoms in total. The Morgan fingerprint density at radius 3 is 2.36 bits per heavy atom. The summed E-state index contributed by atoms with van der Waals surface area (Å²) >= 11 is 0. The zero-order chi connectivity index (χ0) is 16.4. The van der Waals surface area contributed by atoms with Crippen LogP contribution in [0.3, 0.4) is 0 Å². The van der Waals surface area contributed by atoms with E-state index in [1.807, 2.05) is 19.9 Å². The number of hydrogen-bond acceptors (Lipinski definition) is 2. The van der Waals surface area contributed by atoms with Crippen molar-refractivity contribution in [2.75, 3.05) is 5.32 Å². The number of rotatable bonds is 4. The molecule has 1 N–H and O–H groups in total. The van der Waals surface area contributed by atoms with Gasteiger partial charge in [-0.1, -0.05) is 12.1 Å². The Bertz CT molecular complexity index is 727. The second kappa shape index (κ2) is 6.18. The third-order valence-electron chi connectivity index (χ3n) is 3.77. The number of nitrogens with zero attached hydrogens (tertiary/aromatic N) is 1. The third kappa shape index (κ3) is 3.11. The van der Waals surface area contributed by atoms with Crippen molar-refractivity contribution in [1.82, 2.24) is 4.57 Å². The maximum absolute atomic E-state index is 12.5. The molecule has 116 valence electrons. The standard InChI is InChI=1S/C18H22N2O2/c1-11(2)20-12(3)9-17(13(20)4)18(22)19-16-8-6-7-15(10-16)14(5)21/h6-11H,1-5H3,(H,19,22). The molecular formula is C18H22N2O2. The van der Waals surface area contributed by atoms with E-state index in [2.05, 4.69) is 23.7 Å². The first-order chi connectivity index (χ1) is 10.3. The van der Waals surface area contributed by atoms with Crippen LogP contribution in [0.1, 0.15) is 58.9 Å². The number of aromatic nitrogens is 1. The molecule has 0 unspecified atom stereocenters. The number of aryl methyl sites for hydroxylation is 1. The summed E-state index contributed by atoms with van der Waals surface area (Å²) < 4.78 is 2.14. The smallest absolute Gasteiger partial charge is 0.257 e. The molecule has 2 aromatic rings. The van der Waals surface area contributed by atoms with E-state index in [0.29, 0.717) is 22.9 Å². The van der Waals surface area contributed by atoms with Crippen LogP contribution in [-0.4, -0.2) is 16.3 Å². The number of carbonyl (C=O) groups excluding carboxylic acids is 2. The predicted molar refractivity (Wildman–Crippen MR) is 88.7 cm³/mol. The summed E-state index contributed by atoms with van der Waals surface area (Å²) in [7, 11) is 0. The van der Waals surface area contributed by atoms with Gasteiger partial charge in [-0.3, -0.25) is 9.59 Å². The van der Waals surface area contributed by atoms with Crippen molar-refractivity contribution in [3.8, 4) is 0 Å². The molecule has 22 heavy (non-hydrogen) atoms. The normalized spacial score (nSPS) is 10.8. The highest BCUT2D eigenvalue weighted by atomic mass is 16.1. The molecule has 0 fully saturated rings. The highest BCUT2D eigenvalue weighted by Gasteiger charge is 2.17. The molecule has 0 aliphatic rings. The average Bonchev–Trinajstić information content (AvgIpc) is 2.74. The number of hydrogen-bond donors (Lipinski definition) is 1. The summed E-state index contributed by atoms with van der Waals surface area (Å²) in [5.41, 5.74) is 3.90. The van der Waals surface area contributed by atoms with E-state index in [4.69, 9.17) is 0 Å².